The number of ether oxygens (including phenoxy) is 1. The fraction of sp³-hybridized carbons (Fsp3) is 0.182. The molecule has 0 amide bonds. The van der Waals surface area contributed by atoms with E-state index in [1.54, 1.807) is 19.5 Å². The van der Waals surface area contributed by atoms with Crippen molar-refractivity contribution in [2.24, 2.45) is 7.05 Å². The Bertz CT molecular complexity index is 1130. The normalized spacial score (nSPS) is 12.1. The Hall–Kier alpha value is -3.54. The minimum Gasteiger partial charge on any atom is -0.496 e. The lowest BCUT2D eigenvalue weighted by atomic mass is 10.0. The summed E-state index contributed by atoms with van der Waals surface area (Å²) >= 11 is 0. The van der Waals surface area contributed by atoms with E-state index in [0.717, 1.165) is 27.9 Å². The average molecular weight is 373 g/mol. The van der Waals surface area contributed by atoms with Crippen molar-refractivity contribution in [3.63, 3.8) is 0 Å². The van der Waals surface area contributed by atoms with Crippen molar-refractivity contribution in [2.75, 3.05) is 18.2 Å². The van der Waals surface area contributed by atoms with Gasteiger partial charge in [0.05, 0.1) is 12.5 Å². The zero-order chi connectivity index (χ0) is 19.7. The summed E-state index contributed by atoms with van der Waals surface area (Å²) in [6, 6.07) is 13.8. The maximum atomic E-state index is 6.31. The third-order valence-corrected chi connectivity index (χ3v) is 4.91. The van der Waals surface area contributed by atoms with Crippen LogP contribution in [0.2, 0.25) is 0 Å². The number of aromatic nitrogens is 3. The molecule has 1 atom stereocenters. The molecule has 0 aliphatic heterocycles. The first-order chi connectivity index (χ1) is 13.6. The number of benzene rings is 2. The van der Waals surface area contributed by atoms with Gasteiger partial charge in [0.1, 0.15) is 23.4 Å². The summed E-state index contributed by atoms with van der Waals surface area (Å²) in [6.45, 7) is 2.08. The zero-order valence-corrected chi connectivity index (χ0v) is 16.2. The molecule has 0 bridgehead atoms. The lowest BCUT2D eigenvalue weighted by Crippen LogP contribution is -2.18. The molecule has 2 aromatic carbocycles. The fourth-order valence-electron chi connectivity index (χ4n) is 3.52. The van der Waals surface area contributed by atoms with E-state index in [4.69, 9.17) is 10.5 Å². The second-order valence-corrected chi connectivity index (χ2v) is 6.83. The van der Waals surface area contributed by atoms with Crippen LogP contribution in [0.15, 0.2) is 61.1 Å². The molecule has 3 N–H and O–H groups in total. The highest BCUT2D eigenvalue weighted by atomic mass is 16.5. The van der Waals surface area contributed by atoms with Crippen LogP contribution < -0.4 is 15.8 Å². The molecule has 2 aromatic heterocycles. The minimum absolute atomic E-state index is 0.177. The predicted octanol–water partition coefficient (Wildman–Crippen LogP) is 4.07. The molecule has 0 saturated carbocycles. The highest BCUT2D eigenvalue weighted by Gasteiger charge is 2.21. The summed E-state index contributed by atoms with van der Waals surface area (Å²) in [5.74, 6) is 2.35. The standard InChI is InChI=1S/C22H23N5O/c1-14-5-4-6-15(13-14)20(22-25-11-12-27(22)2)26-21-19-16(9-10-24-21)18(28-3)8-7-17(19)23/h4-13,20H,23H2,1-3H3,(H,24,26). The molecule has 6 heteroatoms. The van der Waals surface area contributed by atoms with Crippen LogP contribution in [0.25, 0.3) is 10.8 Å². The van der Waals surface area contributed by atoms with Gasteiger partial charge in [-0.2, -0.15) is 0 Å². The molecule has 0 spiro atoms. The van der Waals surface area contributed by atoms with Crippen LogP contribution in [-0.2, 0) is 7.05 Å². The highest BCUT2D eigenvalue weighted by Crippen LogP contribution is 2.36. The Balaban J connectivity index is 1.87. The summed E-state index contributed by atoms with van der Waals surface area (Å²) in [6.07, 6.45) is 5.50. The molecule has 0 radical (unpaired) electrons. The number of hydrogen-bond acceptors (Lipinski definition) is 5. The van der Waals surface area contributed by atoms with Crippen LogP contribution in [0.3, 0.4) is 0 Å². The fourth-order valence-corrected chi connectivity index (χ4v) is 3.52. The van der Waals surface area contributed by atoms with Crippen LogP contribution in [0.1, 0.15) is 23.0 Å². The van der Waals surface area contributed by atoms with E-state index in [-0.39, 0.29) is 6.04 Å². The van der Waals surface area contributed by atoms with Crippen LogP contribution in [-0.4, -0.2) is 21.6 Å². The number of methoxy groups -OCH3 is 1. The third kappa shape index (κ3) is 3.13. The zero-order valence-electron chi connectivity index (χ0n) is 16.2. The van der Waals surface area contributed by atoms with Gasteiger partial charge in [0.15, 0.2) is 0 Å². The Morgan fingerprint density at radius 3 is 2.68 bits per heavy atom. The second-order valence-electron chi connectivity index (χ2n) is 6.83. The van der Waals surface area contributed by atoms with Gasteiger partial charge in [0, 0.05) is 36.7 Å². The van der Waals surface area contributed by atoms with Crippen LogP contribution in [0, 0.1) is 6.92 Å². The number of nitrogens with two attached hydrogens (primary N) is 1. The summed E-state index contributed by atoms with van der Waals surface area (Å²) in [7, 11) is 3.64. The summed E-state index contributed by atoms with van der Waals surface area (Å²) in [5.41, 5.74) is 9.25. The number of pyridine rings is 1. The van der Waals surface area contributed by atoms with Gasteiger partial charge in [-0.25, -0.2) is 9.97 Å². The van der Waals surface area contributed by atoms with Gasteiger partial charge < -0.3 is 20.4 Å². The van der Waals surface area contributed by atoms with E-state index in [0.29, 0.717) is 11.5 Å². The summed E-state index contributed by atoms with van der Waals surface area (Å²) < 4.78 is 7.52. The van der Waals surface area contributed by atoms with E-state index < -0.39 is 0 Å². The van der Waals surface area contributed by atoms with Crippen LogP contribution >= 0.6 is 0 Å². The Morgan fingerprint density at radius 2 is 1.96 bits per heavy atom. The number of fused-ring (bicyclic) bond motifs is 1. The molecular weight excluding hydrogens is 350 g/mol. The lowest BCUT2D eigenvalue weighted by Gasteiger charge is -2.22. The van der Waals surface area contributed by atoms with Gasteiger partial charge in [0.2, 0.25) is 0 Å². The molecule has 4 aromatic rings. The number of imidazole rings is 1. The topological polar surface area (TPSA) is 78.0 Å². The maximum Gasteiger partial charge on any atom is 0.136 e. The van der Waals surface area contributed by atoms with Gasteiger partial charge >= 0.3 is 0 Å². The number of anilines is 2. The molecule has 142 valence electrons. The van der Waals surface area contributed by atoms with Crippen molar-refractivity contribution >= 4 is 22.3 Å². The molecular formula is C22H23N5O. The molecule has 4 rings (SSSR count). The van der Waals surface area contributed by atoms with E-state index >= 15 is 0 Å². The van der Waals surface area contributed by atoms with Crippen LogP contribution in [0.5, 0.6) is 5.75 Å². The predicted molar refractivity (Wildman–Crippen MR) is 113 cm³/mol. The molecule has 0 saturated heterocycles. The highest BCUT2D eigenvalue weighted by molar-refractivity contribution is 6.04. The van der Waals surface area contributed by atoms with Gasteiger partial charge in [0.25, 0.3) is 0 Å². The largest absolute Gasteiger partial charge is 0.496 e. The summed E-state index contributed by atoms with van der Waals surface area (Å²) in [5, 5.41) is 5.33. The molecule has 6 nitrogen and oxygen atoms in total. The quantitative estimate of drug-likeness (QED) is 0.516. The van der Waals surface area contributed by atoms with Gasteiger partial charge in [-0.1, -0.05) is 29.8 Å². The SMILES string of the molecule is COc1ccc(N)c2c(NC(c3cccc(C)c3)c3nccn3C)nccc12. The first kappa shape index (κ1) is 17.9. The van der Waals surface area contributed by atoms with Crippen molar-refractivity contribution in [3.05, 3.63) is 78.0 Å². The van der Waals surface area contributed by atoms with E-state index in [1.807, 2.05) is 36.0 Å². The van der Waals surface area contributed by atoms with Crippen molar-refractivity contribution < 1.29 is 4.74 Å². The van der Waals surface area contributed by atoms with Gasteiger partial charge in [-0.05, 0) is 30.7 Å². The second kappa shape index (κ2) is 7.23. The Kier molecular flexibility index (Phi) is 4.61. The number of hydrogen-bond donors (Lipinski definition) is 2. The van der Waals surface area contributed by atoms with Gasteiger partial charge in [-0.15, -0.1) is 0 Å². The lowest BCUT2D eigenvalue weighted by molar-refractivity contribution is 0.420. The van der Waals surface area contributed by atoms with Crippen molar-refractivity contribution in [3.8, 4) is 5.75 Å². The van der Waals surface area contributed by atoms with Crippen LogP contribution in [0.4, 0.5) is 11.5 Å². The minimum atomic E-state index is -0.177. The van der Waals surface area contributed by atoms with Crippen molar-refractivity contribution in [1.82, 2.24) is 14.5 Å². The molecule has 1 unspecified atom stereocenters. The third-order valence-electron chi connectivity index (χ3n) is 4.91. The Morgan fingerprint density at radius 1 is 1.11 bits per heavy atom. The number of rotatable bonds is 5. The molecule has 2 heterocycles. The van der Waals surface area contributed by atoms with E-state index in [1.165, 1.54) is 5.56 Å². The average Bonchev–Trinajstić information content (AvgIpc) is 3.12. The smallest absolute Gasteiger partial charge is 0.136 e. The first-order valence-corrected chi connectivity index (χ1v) is 9.10. The molecule has 0 aliphatic rings. The van der Waals surface area contributed by atoms with Crippen molar-refractivity contribution in [1.29, 1.82) is 0 Å². The monoisotopic (exact) mass is 373 g/mol. The number of nitrogens with zero attached hydrogens (tertiary/aromatic N) is 3. The molecule has 0 fully saturated rings. The molecule has 0 aliphatic carbocycles. The maximum absolute atomic E-state index is 6.31. The number of nitrogen functional groups attached to an aromatic ring is 1. The molecule has 28 heavy (non-hydrogen) atoms. The van der Waals surface area contributed by atoms with E-state index in [9.17, 15) is 0 Å². The summed E-state index contributed by atoms with van der Waals surface area (Å²) in [4.78, 5) is 9.16. The van der Waals surface area contributed by atoms with Gasteiger partial charge in [-0.3, -0.25) is 0 Å². The van der Waals surface area contributed by atoms with E-state index in [2.05, 4.69) is 46.5 Å². The van der Waals surface area contributed by atoms with Crippen molar-refractivity contribution in [2.45, 2.75) is 13.0 Å². The number of nitrogens with one attached hydrogen (secondary N) is 1. The Labute approximate surface area is 164 Å². The number of aryl methyl sites for hydroxylation is 2. The first-order valence-electron chi connectivity index (χ1n) is 9.10.